The molecule has 0 spiro atoms. The Morgan fingerprint density at radius 3 is 2.29 bits per heavy atom. The van der Waals surface area contributed by atoms with Gasteiger partial charge in [-0.1, -0.05) is 0 Å². The van der Waals surface area contributed by atoms with Gasteiger partial charge in [0.25, 0.3) is 5.92 Å². The number of sulfonamides is 1. The second-order valence-electron chi connectivity index (χ2n) is 3.29. The lowest BCUT2D eigenvalue weighted by Crippen LogP contribution is -2.38. The minimum absolute atomic E-state index is 0.0911. The summed E-state index contributed by atoms with van der Waals surface area (Å²) in [6.45, 7) is -2.53. The Kier molecular flexibility index (Phi) is 4.81. The van der Waals surface area contributed by atoms with Gasteiger partial charge in [-0.2, -0.15) is 0 Å². The molecule has 0 aliphatic rings. The Labute approximate surface area is 111 Å². The van der Waals surface area contributed by atoms with Crippen LogP contribution in [0.4, 0.5) is 8.78 Å². The third-order valence-corrected chi connectivity index (χ3v) is 4.01. The van der Waals surface area contributed by atoms with Crippen LogP contribution in [0.15, 0.2) is 29.2 Å². The molecule has 4 nitrogen and oxygen atoms in total. The quantitative estimate of drug-likeness (QED) is 0.758. The molecular weight excluding hydrogens is 367 g/mol. The van der Waals surface area contributed by atoms with Crippen LogP contribution in [0.2, 0.25) is 0 Å². The lowest BCUT2D eigenvalue weighted by Gasteiger charge is -2.14. The Morgan fingerprint density at radius 2 is 1.82 bits per heavy atom. The van der Waals surface area contributed by atoms with E-state index in [4.69, 9.17) is 5.11 Å². The molecule has 0 atom stereocenters. The Morgan fingerprint density at radius 1 is 1.29 bits per heavy atom. The van der Waals surface area contributed by atoms with Gasteiger partial charge >= 0.3 is 0 Å². The minimum Gasteiger partial charge on any atom is -0.390 e. The molecule has 0 aliphatic carbocycles. The van der Waals surface area contributed by atoms with Crippen molar-refractivity contribution in [1.29, 1.82) is 0 Å². The largest absolute Gasteiger partial charge is 0.390 e. The second kappa shape index (κ2) is 5.55. The summed E-state index contributed by atoms with van der Waals surface area (Å²) in [4.78, 5) is -0.0911. The van der Waals surface area contributed by atoms with Gasteiger partial charge in [-0.15, -0.1) is 0 Å². The molecule has 0 aromatic heterocycles. The molecule has 0 aliphatic heterocycles. The molecule has 1 aromatic carbocycles. The fraction of sp³-hybridized carbons (Fsp3) is 0.333. The topological polar surface area (TPSA) is 66.4 Å². The van der Waals surface area contributed by atoms with E-state index in [2.05, 4.69) is 0 Å². The third-order valence-electron chi connectivity index (χ3n) is 1.88. The zero-order chi connectivity index (χ0) is 13.1. The molecule has 1 rings (SSSR count). The molecule has 0 bridgehead atoms. The average Bonchev–Trinajstić information content (AvgIpc) is 2.27. The highest BCUT2D eigenvalue weighted by Gasteiger charge is 2.30. The van der Waals surface area contributed by atoms with Crippen molar-refractivity contribution in [2.45, 2.75) is 10.8 Å². The number of aliphatic hydroxyl groups excluding tert-OH is 1. The van der Waals surface area contributed by atoms with Crippen molar-refractivity contribution in [1.82, 2.24) is 4.72 Å². The normalized spacial score (nSPS) is 12.7. The summed E-state index contributed by atoms with van der Waals surface area (Å²) in [7, 11) is -3.96. The molecular formula is C9H10F2INO3S. The molecule has 0 radical (unpaired) electrons. The number of benzene rings is 1. The second-order valence-corrected chi connectivity index (χ2v) is 6.31. The predicted molar refractivity (Wildman–Crippen MR) is 66.4 cm³/mol. The maximum Gasteiger partial charge on any atom is 0.283 e. The summed E-state index contributed by atoms with van der Waals surface area (Å²) in [5.41, 5.74) is 0. The lowest BCUT2D eigenvalue weighted by atomic mass is 10.4. The molecule has 0 saturated heterocycles. The van der Waals surface area contributed by atoms with Gasteiger partial charge < -0.3 is 5.11 Å². The van der Waals surface area contributed by atoms with Gasteiger partial charge in [-0.05, 0) is 46.9 Å². The first-order valence-corrected chi connectivity index (χ1v) is 7.07. The van der Waals surface area contributed by atoms with Gasteiger partial charge in [-0.25, -0.2) is 21.9 Å². The van der Waals surface area contributed by atoms with Crippen LogP contribution in [-0.4, -0.2) is 32.6 Å². The standard InChI is InChI=1S/C9H10F2INO3S/c10-9(11,6-14)5-13-17(15,16)8-3-1-7(12)2-4-8/h1-4,13-14H,5-6H2. The van der Waals surface area contributed by atoms with E-state index in [1.807, 2.05) is 22.6 Å². The molecule has 17 heavy (non-hydrogen) atoms. The number of nitrogens with one attached hydrogen (secondary N) is 1. The van der Waals surface area contributed by atoms with E-state index in [-0.39, 0.29) is 4.90 Å². The van der Waals surface area contributed by atoms with Gasteiger partial charge in [0.1, 0.15) is 6.61 Å². The first-order chi connectivity index (χ1) is 7.77. The molecule has 0 amide bonds. The van der Waals surface area contributed by atoms with Crippen molar-refractivity contribution in [2.75, 3.05) is 13.2 Å². The van der Waals surface area contributed by atoms with Crippen LogP contribution in [0.25, 0.3) is 0 Å². The number of aliphatic hydroxyl groups is 1. The molecule has 0 saturated carbocycles. The van der Waals surface area contributed by atoms with Crippen LogP contribution in [0, 0.1) is 3.57 Å². The van der Waals surface area contributed by atoms with Gasteiger partial charge in [-0.3, -0.25) is 0 Å². The van der Waals surface area contributed by atoms with Crippen LogP contribution in [0.3, 0.4) is 0 Å². The highest BCUT2D eigenvalue weighted by Crippen LogP contribution is 2.14. The summed E-state index contributed by atoms with van der Waals surface area (Å²) in [5.74, 6) is -3.46. The van der Waals surface area contributed by atoms with Crippen LogP contribution in [-0.2, 0) is 10.0 Å². The monoisotopic (exact) mass is 377 g/mol. The minimum atomic E-state index is -3.96. The fourth-order valence-electron chi connectivity index (χ4n) is 0.954. The van der Waals surface area contributed by atoms with Crippen molar-refractivity contribution in [3.05, 3.63) is 27.8 Å². The third kappa shape index (κ3) is 4.45. The fourth-order valence-corrected chi connectivity index (χ4v) is 2.38. The number of halogens is 3. The zero-order valence-corrected chi connectivity index (χ0v) is 11.5. The van der Waals surface area contributed by atoms with E-state index in [0.29, 0.717) is 0 Å². The highest BCUT2D eigenvalue weighted by atomic mass is 127. The number of hydrogen-bond acceptors (Lipinski definition) is 3. The van der Waals surface area contributed by atoms with E-state index >= 15 is 0 Å². The molecule has 0 heterocycles. The Hall–Kier alpha value is -0.320. The van der Waals surface area contributed by atoms with E-state index in [1.54, 1.807) is 16.9 Å². The highest BCUT2D eigenvalue weighted by molar-refractivity contribution is 14.1. The number of hydrogen-bond donors (Lipinski definition) is 2. The van der Waals surface area contributed by atoms with Crippen molar-refractivity contribution >= 4 is 32.6 Å². The van der Waals surface area contributed by atoms with Gasteiger partial charge in [0.15, 0.2) is 0 Å². The maximum absolute atomic E-state index is 12.7. The molecule has 1 aromatic rings. The van der Waals surface area contributed by atoms with Crippen molar-refractivity contribution in [3.8, 4) is 0 Å². The average molecular weight is 377 g/mol. The Bertz CT molecular complexity index is 476. The smallest absolute Gasteiger partial charge is 0.283 e. The van der Waals surface area contributed by atoms with Crippen molar-refractivity contribution in [2.24, 2.45) is 0 Å². The first-order valence-electron chi connectivity index (χ1n) is 4.51. The number of rotatable bonds is 5. The molecule has 2 N–H and O–H groups in total. The van der Waals surface area contributed by atoms with Gasteiger partial charge in [0.2, 0.25) is 10.0 Å². The SMILES string of the molecule is O=S(=O)(NCC(F)(F)CO)c1ccc(I)cc1. The van der Waals surface area contributed by atoms with Crippen LogP contribution in [0.5, 0.6) is 0 Å². The summed E-state index contributed by atoms with van der Waals surface area (Å²) in [6.07, 6.45) is 0. The Balaban J connectivity index is 2.79. The molecule has 0 fully saturated rings. The van der Waals surface area contributed by atoms with E-state index in [9.17, 15) is 17.2 Å². The number of alkyl halides is 2. The lowest BCUT2D eigenvalue weighted by molar-refractivity contribution is -0.0437. The summed E-state index contributed by atoms with van der Waals surface area (Å²) in [6, 6.07) is 5.75. The summed E-state index contributed by atoms with van der Waals surface area (Å²) >= 11 is 2.00. The van der Waals surface area contributed by atoms with Crippen molar-refractivity contribution < 1.29 is 22.3 Å². The molecule has 0 unspecified atom stereocenters. The van der Waals surface area contributed by atoms with Crippen LogP contribution in [0.1, 0.15) is 0 Å². The zero-order valence-electron chi connectivity index (χ0n) is 8.53. The van der Waals surface area contributed by atoms with E-state index in [0.717, 1.165) is 3.57 Å². The van der Waals surface area contributed by atoms with Gasteiger partial charge in [0.05, 0.1) is 11.4 Å². The van der Waals surface area contributed by atoms with E-state index in [1.165, 1.54) is 12.1 Å². The first kappa shape index (κ1) is 14.7. The van der Waals surface area contributed by atoms with Crippen LogP contribution < -0.4 is 4.72 Å². The summed E-state index contributed by atoms with van der Waals surface area (Å²) < 4.78 is 51.1. The van der Waals surface area contributed by atoms with E-state index < -0.39 is 29.1 Å². The molecule has 96 valence electrons. The van der Waals surface area contributed by atoms with Crippen LogP contribution >= 0.6 is 22.6 Å². The maximum atomic E-state index is 12.7. The summed E-state index contributed by atoms with van der Waals surface area (Å²) in [5, 5.41) is 8.31. The predicted octanol–water partition coefficient (Wildman–Crippen LogP) is 1.20. The molecule has 8 heteroatoms. The van der Waals surface area contributed by atoms with Crippen molar-refractivity contribution in [3.63, 3.8) is 0 Å². The van der Waals surface area contributed by atoms with Gasteiger partial charge in [0, 0.05) is 3.57 Å².